The zero-order chi connectivity index (χ0) is 10.7. The molecule has 0 saturated carbocycles. The normalized spacial score (nSPS) is 13.0. The molecule has 2 nitrogen and oxygen atoms in total. The van der Waals surface area contributed by atoms with Crippen molar-refractivity contribution in [3.8, 4) is 5.75 Å². The molecule has 0 aliphatic carbocycles. The molecule has 78 valence electrons. The second-order valence-corrected chi connectivity index (χ2v) is 3.91. The summed E-state index contributed by atoms with van der Waals surface area (Å²) in [7, 11) is 1.70. The molecule has 0 radical (unpaired) electrons. The van der Waals surface area contributed by atoms with E-state index in [1.807, 2.05) is 19.1 Å². The van der Waals surface area contributed by atoms with Crippen LogP contribution in [0.3, 0.4) is 0 Å². The summed E-state index contributed by atoms with van der Waals surface area (Å²) in [5, 5.41) is 0. The Morgan fingerprint density at radius 2 is 1.71 bits per heavy atom. The van der Waals surface area contributed by atoms with Gasteiger partial charge in [0.1, 0.15) is 5.75 Å². The maximum atomic E-state index is 5.88. The molecule has 0 fully saturated rings. The molecule has 1 rings (SSSR count). The van der Waals surface area contributed by atoms with Crippen LogP contribution >= 0.6 is 0 Å². The molecule has 0 aliphatic rings. The van der Waals surface area contributed by atoms with Gasteiger partial charge in [-0.1, -0.05) is 32.0 Å². The third kappa shape index (κ3) is 2.07. The summed E-state index contributed by atoms with van der Waals surface area (Å²) in [5.74, 6) is 1.40. The highest BCUT2D eigenvalue weighted by atomic mass is 16.5. The fourth-order valence-corrected chi connectivity index (χ4v) is 1.62. The summed E-state index contributed by atoms with van der Waals surface area (Å²) in [4.78, 5) is 0. The Morgan fingerprint density at radius 3 is 2.14 bits per heavy atom. The predicted molar refractivity (Wildman–Crippen MR) is 59.7 cm³/mol. The minimum Gasteiger partial charge on any atom is -0.496 e. The molecular weight excluding hydrogens is 174 g/mol. The second kappa shape index (κ2) is 4.47. The van der Waals surface area contributed by atoms with Crippen molar-refractivity contribution in [2.24, 2.45) is 5.73 Å². The van der Waals surface area contributed by atoms with Crippen LogP contribution in [0.4, 0.5) is 0 Å². The monoisotopic (exact) mass is 193 g/mol. The number of ether oxygens (including phenoxy) is 1. The smallest absolute Gasteiger partial charge is 0.127 e. The fourth-order valence-electron chi connectivity index (χ4n) is 1.62. The van der Waals surface area contributed by atoms with E-state index in [-0.39, 0.29) is 6.04 Å². The lowest BCUT2D eigenvalue weighted by atomic mass is 9.96. The minimum atomic E-state index is 0.0173. The highest BCUT2D eigenvalue weighted by molar-refractivity contribution is 5.44. The molecular formula is C12H19NO. The topological polar surface area (TPSA) is 35.2 Å². The maximum absolute atomic E-state index is 5.88. The summed E-state index contributed by atoms with van der Waals surface area (Å²) in [6, 6.07) is 6.17. The second-order valence-electron chi connectivity index (χ2n) is 3.91. The highest BCUT2D eigenvalue weighted by Crippen LogP contribution is 2.32. The van der Waals surface area contributed by atoms with Crippen molar-refractivity contribution < 1.29 is 4.74 Å². The average molecular weight is 193 g/mol. The van der Waals surface area contributed by atoms with Crippen molar-refractivity contribution in [1.29, 1.82) is 0 Å². The average Bonchev–Trinajstić information content (AvgIpc) is 2.16. The molecule has 0 heterocycles. The van der Waals surface area contributed by atoms with Crippen molar-refractivity contribution in [3.63, 3.8) is 0 Å². The quantitative estimate of drug-likeness (QED) is 0.801. The molecule has 1 aromatic carbocycles. The summed E-state index contributed by atoms with van der Waals surface area (Å²) in [5.41, 5.74) is 8.19. The number of hydrogen-bond acceptors (Lipinski definition) is 2. The Labute approximate surface area is 86.1 Å². The zero-order valence-electron chi connectivity index (χ0n) is 9.37. The van der Waals surface area contributed by atoms with E-state index in [0.29, 0.717) is 5.92 Å². The molecule has 0 aliphatic heterocycles. The number of rotatable bonds is 3. The molecule has 0 bridgehead atoms. The van der Waals surface area contributed by atoms with Gasteiger partial charge in [0.05, 0.1) is 7.11 Å². The van der Waals surface area contributed by atoms with Gasteiger partial charge in [-0.25, -0.2) is 0 Å². The first-order valence-corrected chi connectivity index (χ1v) is 5.00. The van der Waals surface area contributed by atoms with Crippen LogP contribution in [0.2, 0.25) is 0 Å². The lowest BCUT2D eigenvalue weighted by Crippen LogP contribution is -2.08. The Bertz CT molecular complexity index is 279. The first-order chi connectivity index (χ1) is 6.57. The van der Waals surface area contributed by atoms with E-state index in [4.69, 9.17) is 10.5 Å². The van der Waals surface area contributed by atoms with Gasteiger partial charge in [0.25, 0.3) is 0 Å². The largest absolute Gasteiger partial charge is 0.496 e. The van der Waals surface area contributed by atoms with E-state index >= 15 is 0 Å². The Balaban J connectivity index is 3.25. The zero-order valence-corrected chi connectivity index (χ0v) is 9.37. The predicted octanol–water partition coefficient (Wildman–Crippen LogP) is 2.84. The SMILES string of the molecule is COc1c(C(C)C)cccc1C(C)N. The number of methoxy groups -OCH3 is 1. The number of benzene rings is 1. The van der Waals surface area contributed by atoms with Crippen molar-refractivity contribution in [3.05, 3.63) is 29.3 Å². The molecule has 0 saturated heterocycles. The van der Waals surface area contributed by atoms with Gasteiger partial charge in [-0.3, -0.25) is 0 Å². The van der Waals surface area contributed by atoms with Crippen LogP contribution in [-0.4, -0.2) is 7.11 Å². The summed E-state index contributed by atoms with van der Waals surface area (Å²) in [6.07, 6.45) is 0. The maximum Gasteiger partial charge on any atom is 0.127 e. The summed E-state index contributed by atoms with van der Waals surface area (Å²) < 4.78 is 5.42. The van der Waals surface area contributed by atoms with Crippen LogP contribution in [-0.2, 0) is 0 Å². The van der Waals surface area contributed by atoms with Crippen LogP contribution < -0.4 is 10.5 Å². The van der Waals surface area contributed by atoms with Crippen molar-refractivity contribution in [2.45, 2.75) is 32.7 Å². The first kappa shape index (κ1) is 11.1. The van der Waals surface area contributed by atoms with Gasteiger partial charge in [-0.15, -0.1) is 0 Å². The standard InChI is InChI=1S/C12H19NO/c1-8(2)10-6-5-7-11(9(3)13)12(10)14-4/h5-9H,13H2,1-4H3. The Morgan fingerprint density at radius 1 is 1.14 bits per heavy atom. The Hall–Kier alpha value is -1.02. The third-order valence-corrected chi connectivity index (χ3v) is 2.39. The van der Waals surface area contributed by atoms with E-state index in [1.165, 1.54) is 5.56 Å². The van der Waals surface area contributed by atoms with Crippen LogP contribution in [0.5, 0.6) is 5.75 Å². The molecule has 0 amide bonds. The molecule has 1 aromatic rings. The van der Waals surface area contributed by atoms with Crippen LogP contribution in [0.1, 0.15) is 43.9 Å². The summed E-state index contributed by atoms with van der Waals surface area (Å²) >= 11 is 0. The lowest BCUT2D eigenvalue weighted by molar-refractivity contribution is 0.399. The van der Waals surface area contributed by atoms with Gasteiger partial charge in [0.15, 0.2) is 0 Å². The first-order valence-electron chi connectivity index (χ1n) is 5.00. The van der Waals surface area contributed by atoms with Gasteiger partial charge in [0.2, 0.25) is 0 Å². The molecule has 1 unspecified atom stereocenters. The van der Waals surface area contributed by atoms with E-state index in [9.17, 15) is 0 Å². The number of hydrogen-bond donors (Lipinski definition) is 1. The van der Waals surface area contributed by atoms with E-state index in [1.54, 1.807) is 7.11 Å². The minimum absolute atomic E-state index is 0.0173. The third-order valence-electron chi connectivity index (χ3n) is 2.39. The van der Waals surface area contributed by atoms with Crippen molar-refractivity contribution in [2.75, 3.05) is 7.11 Å². The highest BCUT2D eigenvalue weighted by Gasteiger charge is 2.13. The molecule has 0 aromatic heterocycles. The van der Waals surface area contributed by atoms with Gasteiger partial charge in [0, 0.05) is 11.6 Å². The Kier molecular flexibility index (Phi) is 3.53. The molecule has 2 heteroatoms. The summed E-state index contributed by atoms with van der Waals surface area (Å²) in [6.45, 7) is 6.29. The van der Waals surface area contributed by atoms with E-state index < -0.39 is 0 Å². The van der Waals surface area contributed by atoms with Crippen molar-refractivity contribution >= 4 is 0 Å². The fraction of sp³-hybridized carbons (Fsp3) is 0.500. The van der Waals surface area contributed by atoms with E-state index in [2.05, 4.69) is 19.9 Å². The van der Waals surface area contributed by atoms with Gasteiger partial charge in [-0.2, -0.15) is 0 Å². The van der Waals surface area contributed by atoms with Crippen molar-refractivity contribution in [1.82, 2.24) is 0 Å². The van der Waals surface area contributed by atoms with Crippen LogP contribution in [0, 0.1) is 0 Å². The molecule has 1 atom stereocenters. The van der Waals surface area contributed by atoms with Crippen LogP contribution in [0.15, 0.2) is 18.2 Å². The van der Waals surface area contributed by atoms with Gasteiger partial charge < -0.3 is 10.5 Å². The molecule has 2 N–H and O–H groups in total. The van der Waals surface area contributed by atoms with Gasteiger partial charge >= 0.3 is 0 Å². The van der Waals surface area contributed by atoms with Gasteiger partial charge in [-0.05, 0) is 18.4 Å². The molecule has 14 heavy (non-hydrogen) atoms. The molecule has 0 spiro atoms. The number of nitrogens with two attached hydrogens (primary N) is 1. The van der Waals surface area contributed by atoms with E-state index in [0.717, 1.165) is 11.3 Å². The number of para-hydroxylation sites is 1. The lowest BCUT2D eigenvalue weighted by Gasteiger charge is -2.17. The van der Waals surface area contributed by atoms with Crippen LogP contribution in [0.25, 0.3) is 0 Å².